The highest BCUT2D eigenvalue weighted by molar-refractivity contribution is 5.66. The fourth-order valence-corrected chi connectivity index (χ4v) is 1.65. The zero-order valence-corrected chi connectivity index (χ0v) is 11.5. The lowest BCUT2D eigenvalue weighted by Gasteiger charge is -1.93. The first-order valence-electron chi connectivity index (χ1n) is 6.42. The molecule has 0 aromatic carbocycles. The minimum atomic E-state index is -0.307. The van der Waals surface area contributed by atoms with Crippen LogP contribution in [0.4, 0.5) is 0 Å². The predicted octanol–water partition coefficient (Wildman–Crippen LogP) is -0.357. The summed E-state index contributed by atoms with van der Waals surface area (Å²) in [5.41, 5.74) is 0. The molecule has 21 heavy (non-hydrogen) atoms. The largest absolute Gasteiger partial charge is 0.462 e. The van der Waals surface area contributed by atoms with Crippen LogP contribution in [0.15, 0.2) is 12.2 Å². The molecule has 0 saturated carbocycles. The molecule has 5 heteroatoms. The van der Waals surface area contributed by atoms with Crippen molar-refractivity contribution in [3.63, 3.8) is 0 Å². The van der Waals surface area contributed by atoms with Crippen molar-refractivity contribution in [1.82, 2.24) is 0 Å². The Balaban J connectivity index is 1.65. The number of hydrogen-bond acceptors (Lipinski definition) is 5. The number of hydrogen-bond donors (Lipinski definition) is 1. The Hall–Kier alpha value is -2.23. The maximum absolute atomic E-state index is 10.6. The first-order valence-corrected chi connectivity index (χ1v) is 6.42. The molecule has 0 aromatic rings. The van der Waals surface area contributed by atoms with Crippen molar-refractivity contribution in [2.75, 3.05) is 13.2 Å². The lowest BCUT2D eigenvalue weighted by atomic mass is 10.2. The molecule has 2 rings (SSSR count). The average Bonchev–Trinajstić information content (AvgIpc) is 3.33. The Kier molecular flexibility index (Phi) is 5.43. The van der Waals surface area contributed by atoms with E-state index in [1.54, 1.807) is 6.08 Å². The molecular formula is C16H14O5. The summed E-state index contributed by atoms with van der Waals surface area (Å²) in [6, 6.07) is 0. The molecule has 2 aliphatic heterocycles. The van der Waals surface area contributed by atoms with Gasteiger partial charge in [0.25, 0.3) is 0 Å². The molecule has 0 spiro atoms. The average molecular weight is 286 g/mol. The fraction of sp³-hybridized carbons (Fsp3) is 0.438. The van der Waals surface area contributed by atoms with E-state index < -0.39 is 0 Å². The summed E-state index contributed by atoms with van der Waals surface area (Å²) >= 11 is 0. The summed E-state index contributed by atoms with van der Waals surface area (Å²) in [5, 5.41) is 8.41. The SMILES string of the molecule is CC(=O)OC/C=C/C1OC1C1OC1C#CC#CC#CCO. The Morgan fingerprint density at radius 2 is 2.05 bits per heavy atom. The molecule has 4 unspecified atom stereocenters. The summed E-state index contributed by atoms with van der Waals surface area (Å²) in [6.45, 7) is 1.41. The van der Waals surface area contributed by atoms with Gasteiger partial charge in [-0.15, -0.1) is 0 Å². The van der Waals surface area contributed by atoms with Crippen LogP contribution < -0.4 is 0 Å². The second kappa shape index (κ2) is 7.53. The number of carbonyl (C=O) groups excluding carboxylic acids is 1. The molecule has 2 heterocycles. The molecule has 0 radical (unpaired) electrons. The van der Waals surface area contributed by atoms with Crippen LogP contribution in [0.3, 0.4) is 0 Å². The molecule has 2 saturated heterocycles. The molecule has 0 amide bonds. The maximum Gasteiger partial charge on any atom is 0.302 e. The van der Waals surface area contributed by atoms with Gasteiger partial charge in [0.05, 0.1) is 0 Å². The third kappa shape index (κ3) is 5.34. The first-order chi connectivity index (χ1) is 10.2. The van der Waals surface area contributed by atoms with Crippen molar-refractivity contribution in [3.05, 3.63) is 12.2 Å². The van der Waals surface area contributed by atoms with Crippen LogP contribution >= 0.6 is 0 Å². The van der Waals surface area contributed by atoms with Crippen LogP contribution in [0.25, 0.3) is 0 Å². The molecule has 0 bridgehead atoms. The third-order valence-electron chi connectivity index (χ3n) is 2.69. The summed E-state index contributed by atoms with van der Waals surface area (Å²) in [5.74, 6) is 15.1. The molecule has 0 aliphatic carbocycles. The Labute approximate surface area is 123 Å². The lowest BCUT2D eigenvalue weighted by molar-refractivity contribution is -0.139. The number of carbonyl (C=O) groups is 1. The van der Waals surface area contributed by atoms with Gasteiger partial charge in [-0.2, -0.15) is 0 Å². The van der Waals surface area contributed by atoms with Gasteiger partial charge in [-0.25, -0.2) is 0 Å². The predicted molar refractivity (Wildman–Crippen MR) is 73.5 cm³/mol. The van der Waals surface area contributed by atoms with Gasteiger partial charge in [-0.05, 0) is 29.8 Å². The molecule has 4 atom stereocenters. The zero-order chi connectivity index (χ0) is 15.1. The normalized spacial score (nSPS) is 28.3. The number of esters is 1. The van der Waals surface area contributed by atoms with E-state index in [-0.39, 0.29) is 43.6 Å². The van der Waals surface area contributed by atoms with Crippen molar-refractivity contribution in [3.8, 4) is 35.5 Å². The Morgan fingerprint density at radius 3 is 2.81 bits per heavy atom. The zero-order valence-electron chi connectivity index (χ0n) is 11.5. The second-order valence-electron chi connectivity index (χ2n) is 4.30. The highest BCUT2D eigenvalue weighted by Crippen LogP contribution is 2.38. The smallest absolute Gasteiger partial charge is 0.302 e. The van der Waals surface area contributed by atoms with Crippen LogP contribution in [0.5, 0.6) is 0 Å². The lowest BCUT2D eigenvalue weighted by Crippen LogP contribution is -2.04. The highest BCUT2D eigenvalue weighted by Gasteiger charge is 2.56. The van der Waals surface area contributed by atoms with E-state index in [4.69, 9.17) is 19.3 Å². The van der Waals surface area contributed by atoms with Gasteiger partial charge in [0.2, 0.25) is 0 Å². The minimum absolute atomic E-state index is 0.00105. The van der Waals surface area contributed by atoms with Gasteiger partial charge in [0, 0.05) is 6.92 Å². The van der Waals surface area contributed by atoms with Crippen LogP contribution in [0.2, 0.25) is 0 Å². The Morgan fingerprint density at radius 1 is 1.24 bits per heavy atom. The fourth-order valence-electron chi connectivity index (χ4n) is 1.65. The second-order valence-corrected chi connectivity index (χ2v) is 4.30. The van der Waals surface area contributed by atoms with Gasteiger partial charge >= 0.3 is 5.97 Å². The highest BCUT2D eigenvalue weighted by atomic mass is 16.7. The molecule has 5 nitrogen and oxygen atoms in total. The van der Waals surface area contributed by atoms with E-state index in [0.717, 1.165) is 0 Å². The summed E-state index contributed by atoms with van der Waals surface area (Å²) in [6.07, 6.45) is 3.44. The van der Waals surface area contributed by atoms with E-state index in [9.17, 15) is 4.79 Å². The van der Waals surface area contributed by atoms with Gasteiger partial charge in [0.15, 0.2) is 0 Å². The number of aliphatic hydroxyl groups is 1. The topological polar surface area (TPSA) is 71.6 Å². The van der Waals surface area contributed by atoms with E-state index in [1.807, 2.05) is 6.08 Å². The van der Waals surface area contributed by atoms with Crippen LogP contribution in [-0.4, -0.2) is 48.7 Å². The standard InChI is InChI=1S/C16H14O5/c1-12(18)19-11-7-9-14-16(21-14)15-13(20-15)8-5-3-2-4-6-10-17/h7,9,13-17H,10-11H2,1H3/b9-7+. The number of rotatable bonds is 4. The van der Waals surface area contributed by atoms with Crippen molar-refractivity contribution >= 4 is 5.97 Å². The van der Waals surface area contributed by atoms with Crippen molar-refractivity contribution in [2.24, 2.45) is 0 Å². The molecule has 1 N–H and O–H groups in total. The quantitative estimate of drug-likeness (QED) is 0.331. The molecule has 2 fully saturated rings. The van der Waals surface area contributed by atoms with Crippen LogP contribution in [0, 0.1) is 35.5 Å². The van der Waals surface area contributed by atoms with E-state index >= 15 is 0 Å². The summed E-state index contributed by atoms with van der Waals surface area (Å²) < 4.78 is 15.6. The van der Waals surface area contributed by atoms with Gasteiger partial charge in [-0.1, -0.05) is 17.9 Å². The van der Waals surface area contributed by atoms with Crippen LogP contribution in [-0.2, 0) is 19.0 Å². The van der Waals surface area contributed by atoms with Crippen LogP contribution in [0.1, 0.15) is 6.92 Å². The summed E-state index contributed by atoms with van der Waals surface area (Å²) in [7, 11) is 0. The molecule has 0 aromatic heterocycles. The number of aliphatic hydroxyl groups excluding tert-OH is 1. The maximum atomic E-state index is 10.6. The van der Waals surface area contributed by atoms with E-state index in [1.165, 1.54) is 6.92 Å². The Bertz CT molecular complexity index is 602. The number of ether oxygens (including phenoxy) is 3. The van der Waals surface area contributed by atoms with E-state index in [0.29, 0.717) is 0 Å². The molecular weight excluding hydrogens is 272 g/mol. The van der Waals surface area contributed by atoms with Crippen molar-refractivity contribution in [1.29, 1.82) is 0 Å². The number of epoxide rings is 2. The van der Waals surface area contributed by atoms with Crippen molar-refractivity contribution < 1.29 is 24.1 Å². The minimum Gasteiger partial charge on any atom is -0.462 e. The van der Waals surface area contributed by atoms with Crippen molar-refractivity contribution in [2.45, 2.75) is 31.3 Å². The van der Waals surface area contributed by atoms with Gasteiger partial charge in [-0.3, -0.25) is 4.79 Å². The first kappa shape index (κ1) is 15.2. The van der Waals surface area contributed by atoms with Gasteiger partial charge < -0.3 is 19.3 Å². The van der Waals surface area contributed by atoms with Gasteiger partial charge in [0.1, 0.15) is 37.6 Å². The molecule has 108 valence electrons. The molecule has 2 aliphatic rings. The monoisotopic (exact) mass is 286 g/mol. The summed E-state index contributed by atoms with van der Waals surface area (Å²) in [4.78, 5) is 10.6. The van der Waals surface area contributed by atoms with E-state index in [2.05, 4.69) is 35.5 Å². The third-order valence-corrected chi connectivity index (χ3v) is 2.69.